The first-order valence-electron chi connectivity index (χ1n) is 5.74. The molecule has 0 aliphatic carbocycles. The molecule has 0 amide bonds. The van der Waals surface area contributed by atoms with Crippen LogP contribution in [0.3, 0.4) is 0 Å². The molecule has 0 fully saturated rings. The van der Waals surface area contributed by atoms with E-state index in [0.717, 1.165) is 10.2 Å². The molecule has 0 radical (unpaired) electrons. The molecule has 7 heteroatoms. The van der Waals surface area contributed by atoms with Gasteiger partial charge < -0.3 is 15.4 Å². The number of nitrogens with zero attached hydrogens (tertiary/aromatic N) is 3. The molecular weight excluding hydrogens is 312 g/mol. The highest BCUT2D eigenvalue weighted by Crippen LogP contribution is 2.15. The first kappa shape index (κ1) is 13.5. The van der Waals surface area contributed by atoms with Gasteiger partial charge in [-0.05, 0) is 29.2 Å². The van der Waals surface area contributed by atoms with E-state index in [1.165, 1.54) is 6.20 Å². The van der Waals surface area contributed by atoms with Gasteiger partial charge in [0.2, 0.25) is 0 Å². The van der Waals surface area contributed by atoms with Crippen LogP contribution in [0.15, 0.2) is 34.9 Å². The average Bonchev–Trinajstić information content (AvgIpc) is 2.74. The molecule has 0 saturated carbocycles. The van der Waals surface area contributed by atoms with Crippen LogP contribution < -0.4 is 5.32 Å². The van der Waals surface area contributed by atoms with Gasteiger partial charge in [-0.15, -0.1) is 0 Å². The van der Waals surface area contributed by atoms with Gasteiger partial charge in [0.05, 0.1) is 6.54 Å². The van der Waals surface area contributed by atoms with Crippen molar-refractivity contribution in [3.8, 4) is 0 Å². The maximum Gasteiger partial charge on any atom is 0.342 e. The van der Waals surface area contributed by atoms with Crippen molar-refractivity contribution in [2.45, 2.75) is 13.5 Å². The monoisotopic (exact) mass is 324 g/mol. The molecule has 0 atom stereocenters. The lowest BCUT2D eigenvalue weighted by Crippen LogP contribution is -2.13. The Labute approximate surface area is 118 Å². The normalized spacial score (nSPS) is 10.4. The lowest BCUT2D eigenvalue weighted by Gasteiger charge is -2.06. The fraction of sp³-hybridized carbons (Fsp3) is 0.250. The number of hydrogen-bond donors (Lipinski definition) is 1. The van der Waals surface area contributed by atoms with E-state index in [1.807, 2.05) is 24.3 Å². The van der Waals surface area contributed by atoms with Crippen molar-refractivity contribution >= 4 is 27.4 Å². The number of nitrogens with one attached hydrogen (secondary N) is 1. The summed E-state index contributed by atoms with van der Waals surface area (Å²) < 4.78 is 2.60. The zero-order valence-corrected chi connectivity index (χ0v) is 11.9. The van der Waals surface area contributed by atoms with Crippen LogP contribution in [0.2, 0.25) is 0 Å². The van der Waals surface area contributed by atoms with Crippen LogP contribution in [0, 0.1) is 17.0 Å². The number of imidazole rings is 1. The van der Waals surface area contributed by atoms with Gasteiger partial charge >= 0.3 is 5.82 Å². The second-order valence-corrected chi connectivity index (χ2v) is 4.92. The summed E-state index contributed by atoms with van der Waals surface area (Å²) in [5.74, 6) is 0.666. The number of aromatic nitrogens is 2. The minimum Gasteiger partial charge on any atom is -0.381 e. The SMILES string of the molecule is Cc1ncc([N+](=O)[O-])n1CCNc1ccc(Br)cc1. The van der Waals surface area contributed by atoms with Gasteiger partial charge in [-0.2, -0.15) is 0 Å². The average molecular weight is 325 g/mol. The van der Waals surface area contributed by atoms with Crippen molar-refractivity contribution in [3.63, 3.8) is 0 Å². The van der Waals surface area contributed by atoms with E-state index in [9.17, 15) is 10.1 Å². The molecule has 0 aliphatic heterocycles. The largest absolute Gasteiger partial charge is 0.381 e. The Morgan fingerprint density at radius 1 is 1.42 bits per heavy atom. The number of hydrogen-bond acceptors (Lipinski definition) is 4. The summed E-state index contributed by atoms with van der Waals surface area (Å²) in [5, 5.41) is 14.0. The topological polar surface area (TPSA) is 73.0 Å². The van der Waals surface area contributed by atoms with Crippen molar-refractivity contribution in [1.82, 2.24) is 9.55 Å². The molecule has 2 rings (SSSR count). The van der Waals surface area contributed by atoms with E-state index in [0.29, 0.717) is 18.9 Å². The van der Waals surface area contributed by atoms with E-state index in [4.69, 9.17) is 0 Å². The Bertz CT molecular complexity index is 580. The van der Waals surface area contributed by atoms with Gasteiger partial charge in [0.25, 0.3) is 0 Å². The van der Waals surface area contributed by atoms with Gasteiger partial charge in [-0.25, -0.2) is 9.55 Å². The highest BCUT2D eigenvalue weighted by Gasteiger charge is 2.16. The molecule has 1 aromatic carbocycles. The predicted molar refractivity (Wildman–Crippen MR) is 76.3 cm³/mol. The van der Waals surface area contributed by atoms with E-state index < -0.39 is 4.92 Å². The van der Waals surface area contributed by atoms with Crippen molar-refractivity contribution in [2.75, 3.05) is 11.9 Å². The summed E-state index contributed by atoms with van der Waals surface area (Å²) >= 11 is 3.36. The third-order valence-electron chi connectivity index (χ3n) is 2.73. The van der Waals surface area contributed by atoms with Crippen LogP contribution in [0.5, 0.6) is 0 Å². The number of nitro groups is 1. The highest BCUT2D eigenvalue weighted by atomic mass is 79.9. The first-order valence-corrected chi connectivity index (χ1v) is 6.53. The minimum absolute atomic E-state index is 0.0232. The number of halogens is 1. The van der Waals surface area contributed by atoms with Crippen LogP contribution in [0.1, 0.15) is 5.82 Å². The molecule has 2 aromatic rings. The molecule has 1 aromatic heterocycles. The van der Waals surface area contributed by atoms with Crippen LogP contribution in [-0.2, 0) is 6.54 Å². The summed E-state index contributed by atoms with van der Waals surface area (Å²) in [4.78, 5) is 14.4. The van der Waals surface area contributed by atoms with E-state index >= 15 is 0 Å². The molecule has 1 heterocycles. The number of aryl methyl sites for hydroxylation is 1. The van der Waals surface area contributed by atoms with Crippen molar-refractivity contribution in [1.29, 1.82) is 0 Å². The molecule has 6 nitrogen and oxygen atoms in total. The summed E-state index contributed by atoms with van der Waals surface area (Å²) in [5.41, 5.74) is 0.976. The van der Waals surface area contributed by atoms with Crippen molar-refractivity contribution in [2.24, 2.45) is 0 Å². The lowest BCUT2D eigenvalue weighted by atomic mass is 10.3. The van der Waals surface area contributed by atoms with Crippen molar-refractivity contribution < 1.29 is 4.92 Å². The van der Waals surface area contributed by atoms with Gasteiger partial charge in [0, 0.05) is 17.1 Å². The standard InChI is InChI=1S/C12H13BrN4O2/c1-9-15-8-12(17(18)19)16(9)7-6-14-11-4-2-10(13)3-5-11/h2-5,8,14H,6-7H2,1H3. The Morgan fingerprint density at radius 3 is 2.74 bits per heavy atom. The molecule has 0 bridgehead atoms. The highest BCUT2D eigenvalue weighted by molar-refractivity contribution is 9.10. The summed E-state index contributed by atoms with van der Waals surface area (Å²) in [7, 11) is 0. The smallest absolute Gasteiger partial charge is 0.342 e. The van der Waals surface area contributed by atoms with E-state index in [2.05, 4.69) is 26.2 Å². The van der Waals surface area contributed by atoms with Gasteiger partial charge in [-0.1, -0.05) is 15.9 Å². The summed E-state index contributed by atoms with van der Waals surface area (Å²) in [6.07, 6.45) is 1.29. The molecule has 0 spiro atoms. The van der Waals surface area contributed by atoms with Crippen molar-refractivity contribution in [3.05, 3.63) is 50.9 Å². The van der Waals surface area contributed by atoms with Crippen LogP contribution in [0.4, 0.5) is 11.5 Å². The quantitative estimate of drug-likeness (QED) is 0.677. The number of anilines is 1. The fourth-order valence-corrected chi connectivity index (χ4v) is 2.02. The zero-order chi connectivity index (χ0) is 13.8. The second-order valence-electron chi connectivity index (χ2n) is 4.01. The van der Waals surface area contributed by atoms with E-state index in [-0.39, 0.29) is 5.82 Å². The lowest BCUT2D eigenvalue weighted by molar-refractivity contribution is -0.392. The third-order valence-corrected chi connectivity index (χ3v) is 3.26. The summed E-state index contributed by atoms with van der Waals surface area (Å²) in [6.45, 7) is 2.85. The Balaban J connectivity index is 1.97. The summed E-state index contributed by atoms with van der Waals surface area (Å²) in [6, 6.07) is 7.76. The maximum atomic E-state index is 10.8. The molecule has 1 N–H and O–H groups in total. The third kappa shape index (κ3) is 3.31. The van der Waals surface area contributed by atoms with E-state index in [1.54, 1.807) is 11.5 Å². The Morgan fingerprint density at radius 2 is 2.11 bits per heavy atom. The number of benzene rings is 1. The molecule has 0 saturated heterocycles. The Hall–Kier alpha value is -1.89. The van der Waals surface area contributed by atoms with Gasteiger partial charge in [0.1, 0.15) is 12.7 Å². The minimum atomic E-state index is -0.417. The van der Waals surface area contributed by atoms with Gasteiger partial charge in [0.15, 0.2) is 5.82 Å². The molecule has 100 valence electrons. The molecule has 19 heavy (non-hydrogen) atoms. The first-order chi connectivity index (χ1) is 9.08. The van der Waals surface area contributed by atoms with Gasteiger partial charge in [-0.3, -0.25) is 0 Å². The fourth-order valence-electron chi connectivity index (χ4n) is 1.76. The van der Waals surface area contributed by atoms with Crippen LogP contribution in [-0.4, -0.2) is 21.0 Å². The number of rotatable bonds is 5. The van der Waals surface area contributed by atoms with Crippen LogP contribution >= 0.6 is 15.9 Å². The predicted octanol–water partition coefficient (Wildman–Crippen LogP) is 2.97. The second kappa shape index (κ2) is 5.83. The Kier molecular flexibility index (Phi) is 4.16. The zero-order valence-electron chi connectivity index (χ0n) is 10.3. The molecule has 0 aliphatic rings. The molecule has 0 unspecified atom stereocenters. The maximum absolute atomic E-state index is 10.8. The van der Waals surface area contributed by atoms with Crippen LogP contribution in [0.25, 0.3) is 0 Å². The molecular formula is C12H13BrN4O2.